The first-order valence-corrected chi connectivity index (χ1v) is 8.62. The van der Waals surface area contributed by atoms with E-state index in [1.807, 2.05) is 0 Å². The summed E-state index contributed by atoms with van der Waals surface area (Å²) >= 11 is 0. The van der Waals surface area contributed by atoms with Crippen molar-refractivity contribution in [3.8, 4) is 0 Å². The van der Waals surface area contributed by atoms with Gasteiger partial charge in [-0.2, -0.15) is 4.98 Å². The van der Waals surface area contributed by atoms with Crippen molar-refractivity contribution in [2.75, 3.05) is 24.2 Å². The van der Waals surface area contributed by atoms with E-state index in [1.54, 1.807) is 0 Å². The highest BCUT2D eigenvalue weighted by Gasteiger charge is 2.45. The van der Waals surface area contributed by atoms with Gasteiger partial charge in [0.25, 0.3) is 0 Å². The van der Waals surface area contributed by atoms with Crippen LogP contribution in [0.5, 0.6) is 0 Å². The number of likely N-dealkylation sites (tertiary alicyclic amines) is 1. The van der Waals surface area contributed by atoms with Crippen LogP contribution in [-0.4, -0.2) is 50.6 Å². The fourth-order valence-electron chi connectivity index (χ4n) is 3.75. The van der Waals surface area contributed by atoms with E-state index < -0.39 is 0 Å². The lowest BCUT2D eigenvalue weighted by molar-refractivity contribution is -0.0129. The molecule has 1 aliphatic heterocycles. The van der Waals surface area contributed by atoms with Crippen molar-refractivity contribution in [1.29, 1.82) is 0 Å². The van der Waals surface area contributed by atoms with Crippen LogP contribution in [0.15, 0.2) is 6.33 Å². The number of anilines is 2. The van der Waals surface area contributed by atoms with Gasteiger partial charge in [0.05, 0.1) is 0 Å². The molecule has 1 aromatic heterocycles. The third-order valence-corrected chi connectivity index (χ3v) is 5.31. The Labute approximate surface area is 140 Å². The second kappa shape index (κ2) is 6.59. The molecule has 0 atom stereocenters. The Balaban J connectivity index is 2.32. The Hall–Kier alpha value is -1.43. The number of nitrogen functional groups attached to an aromatic ring is 1. The molecule has 1 fully saturated rings. The Morgan fingerprint density at radius 2 is 1.83 bits per heavy atom. The number of aromatic nitrogens is 3. The number of piperidine rings is 1. The quantitative estimate of drug-likeness (QED) is 0.899. The van der Waals surface area contributed by atoms with E-state index >= 15 is 0 Å². The van der Waals surface area contributed by atoms with Gasteiger partial charge in [-0.05, 0) is 54.0 Å². The van der Waals surface area contributed by atoms with Crippen LogP contribution < -0.4 is 10.6 Å². The Bertz CT molecular complexity index is 510. The maximum Gasteiger partial charge on any atom is 0.230 e. The van der Waals surface area contributed by atoms with Gasteiger partial charge in [0, 0.05) is 23.7 Å². The first kappa shape index (κ1) is 17.9. The molecule has 2 rings (SSSR count). The topological polar surface area (TPSA) is 71.2 Å². The molecule has 0 unspecified atom stereocenters. The van der Waals surface area contributed by atoms with E-state index in [-0.39, 0.29) is 11.1 Å². The van der Waals surface area contributed by atoms with E-state index in [0.29, 0.717) is 17.9 Å². The number of nitrogens with two attached hydrogens (primary N) is 1. The smallest absolute Gasteiger partial charge is 0.230 e. The second-order valence-corrected chi connectivity index (χ2v) is 7.94. The summed E-state index contributed by atoms with van der Waals surface area (Å²) in [7, 11) is 2.23. The number of nitrogens with zero attached hydrogens (tertiary/aromatic N) is 5. The summed E-state index contributed by atoms with van der Waals surface area (Å²) in [6, 6.07) is 0.407. The van der Waals surface area contributed by atoms with Gasteiger partial charge in [0.1, 0.15) is 6.33 Å². The minimum absolute atomic E-state index is 0.134. The number of hydrogen-bond donors (Lipinski definition) is 1. The van der Waals surface area contributed by atoms with E-state index in [1.165, 1.54) is 6.33 Å². The SMILES string of the molecule is CCCCN(c1ncnc(N)n1)C1CC(C)(C)N(C)C(C)(C)C1. The number of rotatable bonds is 5. The van der Waals surface area contributed by atoms with Gasteiger partial charge in [0.15, 0.2) is 0 Å². The maximum absolute atomic E-state index is 5.79. The molecule has 1 saturated heterocycles. The predicted molar refractivity (Wildman–Crippen MR) is 95.4 cm³/mol. The third kappa shape index (κ3) is 3.91. The normalized spacial score (nSPS) is 21.3. The highest BCUT2D eigenvalue weighted by Crippen LogP contribution is 2.39. The predicted octanol–water partition coefficient (Wildman–Crippen LogP) is 2.71. The van der Waals surface area contributed by atoms with E-state index in [4.69, 9.17) is 5.73 Å². The van der Waals surface area contributed by atoms with Crippen molar-refractivity contribution in [2.24, 2.45) is 0 Å². The third-order valence-electron chi connectivity index (χ3n) is 5.31. The highest BCUT2D eigenvalue weighted by molar-refractivity contribution is 5.35. The molecule has 0 bridgehead atoms. The van der Waals surface area contributed by atoms with Gasteiger partial charge >= 0.3 is 0 Å². The first-order chi connectivity index (χ1) is 10.7. The molecular weight excluding hydrogens is 288 g/mol. The second-order valence-electron chi connectivity index (χ2n) is 7.94. The summed E-state index contributed by atoms with van der Waals surface area (Å²) in [5.41, 5.74) is 6.05. The molecule has 2 N–H and O–H groups in total. The Kier molecular flexibility index (Phi) is 5.14. The molecule has 0 spiro atoms. The van der Waals surface area contributed by atoms with Crippen molar-refractivity contribution in [2.45, 2.75) is 77.4 Å². The van der Waals surface area contributed by atoms with Crippen LogP contribution in [-0.2, 0) is 0 Å². The van der Waals surface area contributed by atoms with Gasteiger partial charge in [-0.1, -0.05) is 13.3 Å². The minimum atomic E-state index is 0.134. The molecule has 0 aliphatic carbocycles. The average molecular weight is 320 g/mol. The zero-order valence-corrected chi connectivity index (χ0v) is 15.5. The fraction of sp³-hybridized carbons (Fsp3) is 0.824. The molecule has 0 saturated carbocycles. The summed E-state index contributed by atoms with van der Waals surface area (Å²) in [4.78, 5) is 17.6. The molecule has 0 amide bonds. The molecule has 0 radical (unpaired) electrons. The van der Waals surface area contributed by atoms with Crippen molar-refractivity contribution < 1.29 is 0 Å². The van der Waals surface area contributed by atoms with E-state index in [2.05, 4.69) is 66.4 Å². The lowest BCUT2D eigenvalue weighted by atomic mass is 9.77. The van der Waals surface area contributed by atoms with Crippen LogP contribution in [0, 0.1) is 0 Å². The van der Waals surface area contributed by atoms with Crippen LogP contribution in [0.25, 0.3) is 0 Å². The largest absolute Gasteiger partial charge is 0.368 e. The van der Waals surface area contributed by atoms with Gasteiger partial charge < -0.3 is 10.6 Å². The van der Waals surface area contributed by atoms with Crippen molar-refractivity contribution in [3.63, 3.8) is 0 Å². The van der Waals surface area contributed by atoms with Crippen molar-refractivity contribution >= 4 is 11.9 Å². The van der Waals surface area contributed by atoms with Gasteiger partial charge in [-0.15, -0.1) is 0 Å². The Morgan fingerprint density at radius 1 is 1.22 bits per heavy atom. The van der Waals surface area contributed by atoms with E-state index in [9.17, 15) is 0 Å². The van der Waals surface area contributed by atoms with Crippen molar-refractivity contribution in [3.05, 3.63) is 6.33 Å². The minimum Gasteiger partial charge on any atom is -0.368 e. The van der Waals surface area contributed by atoms with Crippen LogP contribution in [0.3, 0.4) is 0 Å². The van der Waals surface area contributed by atoms with Crippen LogP contribution in [0.1, 0.15) is 60.3 Å². The molecule has 1 aliphatic rings. The lowest BCUT2D eigenvalue weighted by Crippen LogP contribution is -2.63. The summed E-state index contributed by atoms with van der Waals surface area (Å²) in [6.45, 7) is 12.5. The number of hydrogen-bond acceptors (Lipinski definition) is 6. The molecule has 130 valence electrons. The van der Waals surface area contributed by atoms with Gasteiger partial charge in [-0.25, -0.2) is 9.97 Å². The Morgan fingerprint density at radius 3 is 2.35 bits per heavy atom. The molecule has 6 heteroatoms. The fourth-order valence-corrected chi connectivity index (χ4v) is 3.75. The summed E-state index contributed by atoms with van der Waals surface area (Å²) < 4.78 is 0. The molecule has 2 heterocycles. The van der Waals surface area contributed by atoms with Crippen LogP contribution in [0.4, 0.5) is 11.9 Å². The monoisotopic (exact) mass is 320 g/mol. The zero-order valence-electron chi connectivity index (χ0n) is 15.5. The van der Waals surface area contributed by atoms with Crippen molar-refractivity contribution in [1.82, 2.24) is 19.9 Å². The van der Waals surface area contributed by atoms with Crippen LogP contribution in [0.2, 0.25) is 0 Å². The standard InChI is InChI=1S/C17H32N6/c1-7-8-9-23(15-20-12-19-14(18)21-15)13-10-16(2,3)22(6)17(4,5)11-13/h12-13H,7-11H2,1-6H3,(H2,18,19,20,21). The van der Waals surface area contributed by atoms with E-state index in [0.717, 1.165) is 32.2 Å². The maximum atomic E-state index is 5.79. The molecule has 0 aromatic carbocycles. The lowest BCUT2D eigenvalue weighted by Gasteiger charge is -2.55. The highest BCUT2D eigenvalue weighted by atomic mass is 15.3. The molecule has 23 heavy (non-hydrogen) atoms. The molecule has 6 nitrogen and oxygen atoms in total. The summed E-state index contributed by atoms with van der Waals surface area (Å²) in [5.74, 6) is 1.01. The summed E-state index contributed by atoms with van der Waals surface area (Å²) in [6.07, 6.45) is 5.96. The van der Waals surface area contributed by atoms with Crippen LogP contribution >= 0.6 is 0 Å². The molecule has 1 aromatic rings. The van der Waals surface area contributed by atoms with Gasteiger partial charge in [0.2, 0.25) is 11.9 Å². The zero-order chi connectivity index (χ0) is 17.3. The number of unbranched alkanes of at least 4 members (excludes halogenated alkanes) is 1. The average Bonchev–Trinajstić information content (AvgIpc) is 2.45. The van der Waals surface area contributed by atoms with Gasteiger partial charge in [-0.3, -0.25) is 4.90 Å². The molecular formula is C17H32N6. The first-order valence-electron chi connectivity index (χ1n) is 8.62. The summed E-state index contributed by atoms with van der Waals surface area (Å²) in [5, 5.41) is 0.